The average molecular weight is 416 g/mol. The molecule has 0 spiro atoms. The van der Waals surface area contributed by atoms with Crippen LogP contribution in [0.15, 0.2) is 36.4 Å². The summed E-state index contributed by atoms with van der Waals surface area (Å²) in [5, 5.41) is 4.12. The topological polar surface area (TPSA) is 55.4 Å². The quantitative estimate of drug-likeness (QED) is 0.748. The summed E-state index contributed by atoms with van der Waals surface area (Å²) in [5.74, 6) is 3.19. The minimum atomic E-state index is 0.286. The first-order chi connectivity index (χ1) is 14.2. The van der Waals surface area contributed by atoms with Gasteiger partial charge in [-0.1, -0.05) is 6.07 Å². The summed E-state index contributed by atoms with van der Waals surface area (Å²) in [6, 6.07) is 11.9. The maximum atomic E-state index is 5.61. The molecule has 2 heterocycles. The first-order valence-corrected chi connectivity index (χ1v) is 9.97. The van der Waals surface area contributed by atoms with Gasteiger partial charge in [0.2, 0.25) is 6.79 Å². The van der Waals surface area contributed by atoms with Crippen LogP contribution in [0.3, 0.4) is 0 Å². The second kappa shape index (κ2) is 8.65. The SMILES string of the molecule is COc1ccc(N2CCN(C(=S)NCc3ccc4c(c3)OCO4)CC2)c(OC)c1. The molecule has 0 aliphatic carbocycles. The normalized spacial score (nSPS) is 15.2. The van der Waals surface area contributed by atoms with Gasteiger partial charge in [0.05, 0.1) is 19.9 Å². The number of methoxy groups -OCH3 is 2. The fourth-order valence-corrected chi connectivity index (χ4v) is 3.79. The molecule has 0 radical (unpaired) electrons. The Morgan fingerprint density at radius 2 is 1.79 bits per heavy atom. The van der Waals surface area contributed by atoms with Crippen LogP contribution in [0.5, 0.6) is 23.0 Å². The van der Waals surface area contributed by atoms with Crippen LogP contribution < -0.4 is 29.2 Å². The van der Waals surface area contributed by atoms with Crippen LogP contribution >= 0.6 is 12.2 Å². The van der Waals surface area contributed by atoms with Crippen LogP contribution in [0.25, 0.3) is 0 Å². The summed E-state index contributed by atoms with van der Waals surface area (Å²) in [4.78, 5) is 4.52. The van der Waals surface area contributed by atoms with Crippen LogP contribution in [-0.2, 0) is 6.54 Å². The molecule has 29 heavy (non-hydrogen) atoms. The first kappa shape index (κ1) is 19.4. The summed E-state index contributed by atoms with van der Waals surface area (Å²) in [6.45, 7) is 4.38. The molecule has 0 unspecified atom stereocenters. The zero-order chi connectivity index (χ0) is 20.2. The number of nitrogens with zero attached hydrogens (tertiary/aromatic N) is 2. The van der Waals surface area contributed by atoms with Gasteiger partial charge in [-0.2, -0.15) is 0 Å². The number of benzene rings is 2. The van der Waals surface area contributed by atoms with Gasteiger partial charge >= 0.3 is 0 Å². The van der Waals surface area contributed by atoms with Crippen LogP contribution in [0, 0.1) is 0 Å². The van der Waals surface area contributed by atoms with Gasteiger partial charge in [-0.3, -0.25) is 0 Å². The molecule has 0 atom stereocenters. The van der Waals surface area contributed by atoms with Crippen LogP contribution in [0.1, 0.15) is 5.56 Å². The van der Waals surface area contributed by atoms with Gasteiger partial charge in [0, 0.05) is 38.8 Å². The molecule has 0 bridgehead atoms. The maximum absolute atomic E-state index is 5.61. The highest BCUT2D eigenvalue weighted by Gasteiger charge is 2.22. The Balaban J connectivity index is 1.31. The molecule has 0 saturated carbocycles. The molecule has 2 aliphatic heterocycles. The van der Waals surface area contributed by atoms with Gasteiger partial charge in [0.25, 0.3) is 0 Å². The highest BCUT2D eigenvalue weighted by Crippen LogP contribution is 2.33. The van der Waals surface area contributed by atoms with Crippen molar-refractivity contribution in [3.05, 3.63) is 42.0 Å². The second-order valence-electron chi connectivity index (χ2n) is 6.86. The van der Waals surface area contributed by atoms with E-state index < -0.39 is 0 Å². The number of hydrogen-bond acceptors (Lipinski definition) is 6. The lowest BCUT2D eigenvalue weighted by Gasteiger charge is -2.38. The van der Waals surface area contributed by atoms with E-state index in [1.165, 1.54) is 0 Å². The minimum Gasteiger partial charge on any atom is -0.497 e. The lowest BCUT2D eigenvalue weighted by molar-refractivity contribution is 0.174. The Morgan fingerprint density at radius 3 is 2.55 bits per heavy atom. The number of piperazine rings is 1. The van der Waals surface area contributed by atoms with Crippen molar-refractivity contribution in [3.63, 3.8) is 0 Å². The van der Waals surface area contributed by atoms with Crippen LogP contribution in [0.2, 0.25) is 0 Å². The Labute approximate surface area is 176 Å². The minimum absolute atomic E-state index is 0.286. The Bertz CT molecular complexity index is 884. The molecule has 0 aromatic heterocycles. The highest BCUT2D eigenvalue weighted by molar-refractivity contribution is 7.80. The third kappa shape index (κ3) is 4.27. The molecule has 4 rings (SSSR count). The summed E-state index contributed by atoms with van der Waals surface area (Å²) < 4.78 is 21.6. The average Bonchev–Trinajstić information content (AvgIpc) is 3.25. The molecule has 2 aromatic rings. The molecule has 2 aliphatic rings. The van der Waals surface area contributed by atoms with Crippen molar-refractivity contribution in [2.75, 3.05) is 52.1 Å². The fraction of sp³-hybridized carbons (Fsp3) is 0.381. The monoisotopic (exact) mass is 415 g/mol. The Morgan fingerprint density at radius 1 is 1.00 bits per heavy atom. The number of nitrogens with one attached hydrogen (secondary N) is 1. The van der Waals surface area contributed by atoms with Crippen molar-refractivity contribution in [3.8, 4) is 23.0 Å². The molecule has 154 valence electrons. The number of ether oxygens (including phenoxy) is 4. The largest absolute Gasteiger partial charge is 0.497 e. The lowest BCUT2D eigenvalue weighted by atomic mass is 10.2. The molecule has 1 saturated heterocycles. The molecule has 8 heteroatoms. The predicted molar refractivity (Wildman–Crippen MR) is 115 cm³/mol. The first-order valence-electron chi connectivity index (χ1n) is 9.56. The lowest BCUT2D eigenvalue weighted by Crippen LogP contribution is -2.51. The van der Waals surface area contributed by atoms with Crippen molar-refractivity contribution in [2.45, 2.75) is 6.54 Å². The van der Waals surface area contributed by atoms with Gasteiger partial charge in [-0.25, -0.2) is 0 Å². The van der Waals surface area contributed by atoms with Crippen molar-refractivity contribution < 1.29 is 18.9 Å². The van der Waals surface area contributed by atoms with Gasteiger partial charge in [-0.15, -0.1) is 0 Å². The maximum Gasteiger partial charge on any atom is 0.231 e. The van der Waals surface area contributed by atoms with Gasteiger partial charge in [0.15, 0.2) is 16.6 Å². The van der Waals surface area contributed by atoms with E-state index in [9.17, 15) is 0 Å². The fourth-order valence-electron chi connectivity index (χ4n) is 3.54. The summed E-state index contributed by atoms with van der Waals surface area (Å²) in [6.07, 6.45) is 0. The van der Waals surface area contributed by atoms with Crippen molar-refractivity contribution >= 4 is 23.0 Å². The van der Waals surface area contributed by atoms with Gasteiger partial charge in [0.1, 0.15) is 11.5 Å². The Kier molecular flexibility index (Phi) is 5.80. The number of anilines is 1. The highest BCUT2D eigenvalue weighted by atomic mass is 32.1. The van der Waals surface area contributed by atoms with E-state index in [2.05, 4.69) is 15.1 Å². The summed E-state index contributed by atoms with van der Waals surface area (Å²) >= 11 is 5.61. The zero-order valence-electron chi connectivity index (χ0n) is 16.6. The third-order valence-electron chi connectivity index (χ3n) is 5.18. The van der Waals surface area contributed by atoms with E-state index in [-0.39, 0.29) is 6.79 Å². The number of rotatable bonds is 5. The predicted octanol–water partition coefficient (Wildman–Crippen LogP) is 2.63. The van der Waals surface area contributed by atoms with E-state index in [1.54, 1.807) is 14.2 Å². The van der Waals surface area contributed by atoms with Crippen molar-refractivity contribution in [2.24, 2.45) is 0 Å². The summed E-state index contributed by atoms with van der Waals surface area (Å²) in [7, 11) is 3.34. The molecule has 1 N–H and O–H groups in total. The second-order valence-corrected chi connectivity index (χ2v) is 7.24. The van der Waals surface area contributed by atoms with Gasteiger partial charge in [-0.05, 0) is 42.0 Å². The molecule has 1 fully saturated rings. The van der Waals surface area contributed by atoms with E-state index in [4.69, 9.17) is 31.2 Å². The van der Waals surface area contributed by atoms with Crippen molar-refractivity contribution in [1.29, 1.82) is 0 Å². The standard InChI is InChI=1S/C21H25N3O4S/c1-25-16-4-5-17(19(12-16)26-2)23-7-9-24(10-8-23)21(29)22-13-15-3-6-18-20(11-15)28-14-27-18/h3-6,11-12H,7-10,13-14H2,1-2H3,(H,22,29). The van der Waals surface area contributed by atoms with E-state index in [0.29, 0.717) is 6.54 Å². The zero-order valence-corrected chi connectivity index (χ0v) is 17.5. The smallest absolute Gasteiger partial charge is 0.231 e. The van der Waals surface area contributed by atoms with Crippen LogP contribution in [0.4, 0.5) is 5.69 Å². The molecule has 2 aromatic carbocycles. The molecular weight excluding hydrogens is 390 g/mol. The Hall–Kier alpha value is -2.87. The molecule has 0 amide bonds. The van der Waals surface area contributed by atoms with Crippen molar-refractivity contribution in [1.82, 2.24) is 10.2 Å². The van der Waals surface area contributed by atoms with Crippen LogP contribution in [-0.4, -0.2) is 57.2 Å². The van der Waals surface area contributed by atoms with E-state index in [0.717, 1.165) is 65.5 Å². The number of hydrogen-bond donors (Lipinski definition) is 1. The molecular formula is C21H25N3O4S. The number of fused-ring (bicyclic) bond motifs is 1. The van der Waals surface area contributed by atoms with E-state index in [1.807, 2.05) is 36.4 Å². The summed E-state index contributed by atoms with van der Waals surface area (Å²) in [5.41, 5.74) is 2.19. The van der Waals surface area contributed by atoms with E-state index >= 15 is 0 Å². The molecule has 7 nitrogen and oxygen atoms in total. The third-order valence-corrected chi connectivity index (χ3v) is 5.58. The van der Waals surface area contributed by atoms with Gasteiger partial charge < -0.3 is 34.1 Å². The number of thiocarbonyl (C=S) groups is 1.